The van der Waals surface area contributed by atoms with Crippen molar-refractivity contribution >= 4 is 17.6 Å². The van der Waals surface area contributed by atoms with Crippen LogP contribution in [0.2, 0.25) is 5.15 Å². The van der Waals surface area contributed by atoms with Crippen molar-refractivity contribution in [1.29, 1.82) is 0 Å². The summed E-state index contributed by atoms with van der Waals surface area (Å²) in [6.07, 6.45) is -0.527. The standard InChI is InChI=1S/C11H12ClNO2/c1-7(2)11(15-8(3)14)9-5-4-6-10(12)13-9/h4-6,11H,1H2,2-3H3. The number of aromatic nitrogens is 1. The Morgan fingerprint density at radius 1 is 1.53 bits per heavy atom. The average molecular weight is 226 g/mol. The van der Waals surface area contributed by atoms with E-state index in [9.17, 15) is 4.79 Å². The number of hydrogen-bond donors (Lipinski definition) is 0. The van der Waals surface area contributed by atoms with Crippen LogP contribution in [0.4, 0.5) is 0 Å². The van der Waals surface area contributed by atoms with Gasteiger partial charge in [0.15, 0.2) is 6.10 Å². The molecule has 0 aliphatic heterocycles. The molecule has 1 aromatic heterocycles. The van der Waals surface area contributed by atoms with Gasteiger partial charge in [-0.2, -0.15) is 0 Å². The molecule has 15 heavy (non-hydrogen) atoms. The Labute approximate surface area is 93.7 Å². The molecule has 0 amide bonds. The Morgan fingerprint density at radius 3 is 2.67 bits per heavy atom. The van der Waals surface area contributed by atoms with Gasteiger partial charge in [0.25, 0.3) is 0 Å². The maximum atomic E-state index is 10.9. The summed E-state index contributed by atoms with van der Waals surface area (Å²) >= 11 is 5.75. The first kappa shape index (κ1) is 11.7. The number of pyridine rings is 1. The Balaban J connectivity index is 2.98. The summed E-state index contributed by atoms with van der Waals surface area (Å²) in [5, 5.41) is 0.367. The number of nitrogens with zero attached hydrogens (tertiary/aromatic N) is 1. The zero-order chi connectivity index (χ0) is 11.4. The van der Waals surface area contributed by atoms with Gasteiger partial charge < -0.3 is 4.74 Å². The predicted molar refractivity (Wildman–Crippen MR) is 58.6 cm³/mol. The molecule has 0 aliphatic rings. The molecule has 0 aliphatic carbocycles. The van der Waals surface area contributed by atoms with Crippen molar-refractivity contribution < 1.29 is 9.53 Å². The Morgan fingerprint density at radius 2 is 2.20 bits per heavy atom. The first-order valence-corrected chi connectivity index (χ1v) is 4.83. The van der Waals surface area contributed by atoms with E-state index in [1.165, 1.54) is 6.92 Å². The van der Waals surface area contributed by atoms with Gasteiger partial charge in [-0.1, -0.05) is 24.2 Å². The maximum Gasteiger partial charge on any atom is 0.303 e. The molecular weight excluding hydrogens is 214 g/mol. The van der Waals surface area contributed by atoms with Crippen LogP contribution in [-0.2, 0) is 9.53 Å². The lowest BCUT2D eigenvalue weighted by molar-refractivity contribution is -0.145. The van der Waals surface area contributed by atoms with Gasteiger partial charge in [-0.3, -0.25) is 4.79 Å². The average Bonchev–Trinajstić information content (AvgIpc) is 2.13. The summed E-state index contributed by atoms with van der Waals surface area (Å²) in [5.41, 5.74) is 1.30. The molecule has 1 aromatic rings. The summed E-state index contributed by atoms with van der Waals surface area (Å²) in [7, 11) is 0. The molecule has 0 bridgehead atoms. The number of hydrogen-bond acceptors (Lipinski definition) is 3. The minimum Gasteiger partial charge on any atom is -0.451 e. The Bertz CT molecular complexity index is 390. The van der Waals surface area contributed by atoms with Crippen LogP contribution in [0.1, 0.15) is 25.6 Å². The highest BCUT2D eigenvalue weighted by molar-refractivity contribution is 6.29. The van der Waals surface area contributed by atoms with Gasteiger partial charge in [0, 0.05) is 6.92 Å². The largest absolute Gasteiger partial charge is 0.451 e. The van der Waals surface area contributed by atoms with E-state index in [-0.39, 0.29) is 5.97 Å². The first-order valence-electron chi connectivity index (χ1n) is 4.46. The molecule has 3 nitrogen and oxygen atoms in total. The lowest BCUT2D eigenvalue weighted by Gasteiger charge is -2.16. The minimum absolute atomic E-state index is 0.367. The molecule has 1 unspecified atom stereocenters. The van der Waals surface area contributed by atoms with E-state index >= 15 is 0 Å². The molecule has 80 valence electrons. The van der Waals surface area contributed by atoms with Crippen LogP contribution in [0.5, 0.6) is 0 Å². The minimum atomic E-state index is -0.527. The van der Waals surface area contributed by atoms with E-state index in [4.69, 9.17) is 16.3 Å². The molecule has 1 heterocycles. The molecule has 0 saturated carbocycles. The molecule has 0 fully saturated rings. The van der Waals surface area contributed by atoms with Crippen molar-refractivity contribution in [2.24, 2.45) is 0 Å². The van der Waals surface area contributed by atoms with E-state index in [2.05, 4.69) is 11.6 Å². The van der Waals surface area contributed by atoms with Gasteiger partial charge in [0.1, 0.15) is 5.15 Å². The summed E-state index contributed by atoms with van der Waals surface area (Å²) < 4.78 is 5.09. The fraction of sp³-hybridized carbons (Fsp3) is 0.273. The summed E-state index contributed by atoms with van der Waals surface area (Å²) in [4.78, 5) is 15.0. The third kappa shape index (κ3) is 3.36. The molecular formula is C11H12ClNO2. The molecule has 4 heteroatoms. The monoisotopic (exact) mass is 225 g/mol. The quantitative estimate of drug-likeness (QED) is 0.451. The predicted octanol–water partition coefficient (Wildman–Crippen LogP) is 2.92. The zero-order valence-corrected chi connectivity index (χ0v) is 9.41. The summed E-state index contributed by atoms with van der Waals surface area (Å²) in [6.45, 7) is 6.88. The van der Waals surface area contributed by atoms with Crippen LogP contribution < -0.4 is 0 Å². The fourth-order valence-corrected chi connectivity index (χ4v) is 1.32. The van der Waals surface area contributed by atoms with E-state index in [0.717, 1.165) is 0 Å². The second-order valence-corrected chi connectivity index (χ2v) is 3.61. The van der Waals surface area contributed by atoms with Crippen LogP contribution in [0.15, 0.2) is 30.4 Å². The third-order valence-corrected chi connectivity index (χ3v) is 1.95. The Hall–Kier alpha value is -1.35. The SMILES string of the molecule is C=C(C)C(OC(C)=O)c1cccc(Cl)n1. The second-order valence-electron chi connectivity index (χ2n) is 3.22. The fourth-order valence-electron chi connectivity index (χ4n) is 1.15. The van der Waals surface area contributed by atoms with Gasteiger partial charge >= 0.3 is 5.97 Å². The Kier molecular flexibility index (Phi) is 3.86. The van der Waals surface area contributed by atoms with Crippen molar-refractivity contribution in [3.8, 4) is 0 Å². The smallest absolute Gasteiger partial charge is 0.303 e. The highest BCUT2D eigenvalue weighted by Crippen LogP contribution is 2.23. The van der Waals surface area contributed by atoms with Gasteiger partial charge in [0.05, 0.1) is 5.69 Å². The van der Waals surface area contributed by atoms with Gasteiger partial charge in [0.2, 0.25) is 0 Å². The summed E-state index contributed by atoms with van der Waals surface area (Å²) in [5.74, 6) is -0.371. The molecule has 0 radical (unpaired) electrons. The second kappa shape index (κ2) is 4.94. The first-order chi connectivity index (χ1) is 7.00. The van der Waals surface area contributed by atoms with E-state index < -0.39 is 6.10 Å². The molecule has 1 atom stereocenters. The van der Waals surface area contributed by atoms with Crippen molar-refractivity contribution in [2.75, 3.05) is 0 Å². The van der Waals surface area contributed by atoms with Crippen molar-refractivity contribution in [3.05, 3.63) is 41.2 Å². The number of carbonyl (C=O) groups excluding carboxylic acids is 1. The van der Waals surface area contributed by atoms with Crippen LogP contribution in [0.3, 0.4) is 0 Å². The number of esters is 1. The molecule has 0 N–H and O–H groups in total. The summed E-state index contributed by atoms with van der Waals surface area (Å²) in [6, 6.07) is 5.16. The topological polar surface area (TPSA) is 39.2 Å². The van der Waals surface area contributed by atoms with Gasteiger partial charge in [-0.05, 0) is 24.6 Å². The highest BCUT2D eigenvalue weighted by Gasteiger charge is 2.16. The lowest BCUT2D eigenvalue weighted by Crippen LogP contribution is -2.10. The van der Waals surface area contributed by atoms with E-state index in [0.29, 0.717) is 16.4 Å². The molecule has 1 rings (SSSR count). The van der Waals surface area contributed by atoms with Crippen molar-refractivity contribution in [2.45, 2.75) is 20.0 Å². The number of halogens is 1. The number of rotatable bonds is 3. The molecule has 0 saturated heterocycles. The van der Waals surface area contributed by atoms with Crippen molar-refractivity contribution in [1.82, 2.24) is 4.98 Å². The molecule has 0 aromatic carbocycles. The normalized spacial score (nSPS) is 11.9. The lowest BCUT2D eigenvalue weighted by atomic mass is 10.1. The van der Waals surface area contributed by atoms with E-state index in [1.54, 1.807) is 25.1 Å². The highest BCUT2D eigenvalue weighted by atomic mass is 35.5. The van der Waals surface area contributed by atoms with Crippen LogP contribution in [0, 0.1) is 0 Å². The number of ether oxygens (including phenoxy) is 1. The van der Waals surface area contributed by atoms with Gasteiger partial charge in [-0.15, -0.1) is 0 Å². The van der Waals surface area contributed by atoms with Crippen molar-refractivity contribution in [3.63, 3.8) is 0 Å². The third-order valence-electron chi connectivity index (χ3n) is 1.74. The van der Waals surface area contributed by atoms with E-state index in [1.807, 2.05) is 0 Å². The maximum absolute atomic E-state index is 10.9. The van der Waals surface area contributed by atoms with Crippen LogP contribution >= 0.6 is 11.6 Å². The molecule has 0 spiro atoms. The van der Waals surface area contributed by atoms with Crippen LogP contribution in [-0.4, -0.2) is 11.0 Å². The van der Waals surface area contributed by atoms with Crippen LogP contribution in [0.25, 0.3) is 0 Å². The number of carbonyl (C=O) groups is 1. The zero-order valence-electron chi connectivity index (χ0n) is 8.66. The van der Waals surface area contributed by atoms with Gasteiger partial charge in [-0.25, -0.2) is 4.98 Å².